The maximum absolute atomic E-state index is 11.9. The molecule has 0 aromatic heterocycles. The van der Waals surface area contributed by atoms with Gasteiger partial charge in [-0.25, -0.2) is 9.59 Å². The molecule has 2 fully saturated rings. The molecular weight excluding hydrogens is 444 g/mol. The van der Waals surface area contributed by atoms with Crippen LogP contribution in [0, 0.1) is 10.8 Å². The fraction of sp³-hybridized carbons (Fsp3) is 0.917. The Hall–Kier alpha value is -1.62. The van der Waals surface area contributed by atoms with E-state index in [0.717, 1.165) is 25.7 Å². The van der Waals surface area contributed by atoms with Gasteiger partial charge in [-0.05, 0) is 40.5 Å². The van der Waals surface area contributed by atoms with Crippen LogP contribution in [-0.4, -0.2) is 76.5 Å². The zero-order chi connectivity index (χ0) is 25.3. The van der Waals surface area contributed by atoms with Crippen LogP contribution in [0.4, 0.5) is 9.59 Å². The van der Waals surface area contributed by atoms with Gasteiger partial charge < -0.3 is 39.1 Å². The van der Waals surface area contributed by atoms with Crippen LogP contribution >= 0.6 is 0 Å². The maximum atomic E-state index is 11.9. The monoisotopic (exact) mass is 488 g/mol. The van der Waals surface area contributed by atoms with Crippen molar-refractivity contribution in [3.05, 3.63) is 0 Å². The fourth-order valence-electron chi connectivity index (χ4n) is 3.29. The molecule has 0 unspecified atom stereocenters. The van der Waals surface area contributed by atoms with Gasteiger partial charge in [0, 0.05) is 23.9 Å². The first-order valence-corrected chi connectivity index (χ1v) is 12.2. The predicted molar refractivity (Wildman–Crippen MR) is 125 cm³/mol. The topological polar surface area (TPSA) is 114 Å². The van der Waals surface area contributed by atoms with Gasteiger partial charge in [0.05, 0.1) is 26.4 Å². The molecule has 0 atom stereocenters. The molecule has 0 bridgehead atoms. The summed E-state index contributed by atoms with van der Waals surface area (Å²) < 4.78 is 33.2. The Kier molecular flexibility index (Phi) is 10.4. The normalized spacial score (nSPS) is 22.4. The molecule has 2 amide bonds. The van der Waals surface area contributed by atoms with Crippen LogP contribution in [0.3, 0.4) is 0 Å². The molecule has 0 aromatic carbocycles. The average molecular weight is 489 g/mol. The lowest BCUT2D eigenvalue weighted by Gasteiger charge is -2.40. The zero-order valence-electron chi connectivity index (χ0n) is 21.8. The number of hydrogen-bond acceptors (Lipinski definition) is 8. The second-order valence-corrected chi connectivity index (χ2v) is 11.0. The molecule has 0 radical (unpaired) electrons. The standard InChI is InChI=1S/C24H44N2O8/c1-21(2)31-15-23(5,16-32-21)13-29-19(27)25-11-9-7-8-10-12-26-20(28)30-14-24(6)17-33-22(3,4)34-18-24/h7-18H2,1-6H3,(H,25,27)(H,26,28). The molecule has 2 aliphatic heterocycles. The summed E-state index contributed by atoms with van der Waals surface area (Å²) in [4.78, 5) is 23.8. The first-order chi connectivity index (χ1) is 15.8. The Bertz CT molecular complexity index is 591. The van der Waals surface area contributed by atoms with Crippen LogP contribution in [0.1, 0.15) is 67.2 Å². The highest BCUT2D eigenvalue weighted by Gasteiger charge is 2.38. The second kappa shape index (κ2) is 12.4. The molecule has 2 saturated heterocycles. The lowest BCUT2D eigenvalue weighted by atomic mass is 9.93. The Morgan fingerprint density at radius 1 is 0.618 bits per heavy atom. The van der Waals surface area contributed by atoms with E-state index in [1.54, 1.807) is 0 Å². The van der Waals surface area contributed by atoms with E-state index in [4.69, 9.17) is 28.4 Å². The number of alkyl carbamates (subject to hydrolysis) is 2. The highest BCUT2D eigenvalue weighted by atomic mass is 16.7. The molecule has 2 aliphatic rings. The van der Waals surface area contributed by atoms with Gasteiger partial charge in [0.2, 0.25) is 0 Å². The molecule has 0 spiro atoms. The van der Waals surface area contributed by atoms with Gasteiger partial charge in [0.25, 0.3) is 0 Å². The van der Waals surface area contributed by atoms with Crippen molar-refractivity contribution in [2.24, 2.45) is 10.8 Å². The number of unbranched alkanes of at least 4 members (excludes halogenated alkanes) is 3. The molecule has 0 saturated carbocycles. The minimum Gasteiger partial charge on any atom is -0.449 e. The van der Waals surface area contributed by atoms with E-state index in [1.165, 1.54) is 0 Å². The average Bonchev–Trinajstić information content (AvgIpc) is 2.78. The van der Waals surface area contributed by atoms with Crippen molar-refractivity contribution in [2.75, 3.05) is 52.7 Å². The Balaban J connectivity index is 1.42. The summed E-state index contributed by atoms with van der Waals surface area (Å²) in [5.74, 6) is -1.18. The van der Waals surface area contributed by atoms with E-state index in [-0.39, 0.29) is 24.0 Å². The van der Waals surface area contributed by atoms with E-state index in [2.05, 4.69) is 10.6 Å². The smallest absolute Gasteiger partial charge is 0.407 e. The Morgan fingerprint density at radius 3 is 1.26 bits per heavy atom. The minimum atomic E-state index is -0.590. The van der Waals surface area contributed by atoms with Crippen molar-refractivity contribution < 1.29 is 38.0 Å². The van der Waals surface area contributed by atoms with Crippen molar-refractivity contribution >= 4 is 12.2 Å². The van der Waals surface area contributed by atoms with Crippen LogP contribution in [0.15, 0.2) is 0 Å². The first-order valence-electron chi connectivity index (χ1n) is 12.2. The SMILES string of the molecule is CC1(COC(=O)NCCCCCCNC(=O)OCC2(C)COC(C)(C)OC2)COC(C)(C)OC1. The van der Waals surface area contributed by atoms with E-state index >= 15 is 0 Å². The maximum Gasteiger partial charge on any atom is 0.407 e. The van der Waals surface area contributed by atoms with Crippen molar-refractivity contribution in [3.8, 4) is 0 Å². The van der Waals surface area contributed by atoms with Crippen molar-refractivity contribution in [1.82, 2.24) is 10.6 Å². The molecule has 10 nitrogen and oxygen atoms in total. The quantitative estimate of drug-likeness (QED) is 0.424. The lowest BCUT2D eigenvalue weighted by molar-refractivity contribution is -0.286. The lowest BCUT2D eigenvalue weighted by Crippen LogP contribution is -2.47. The van der Waals surface area contributed by atoms with Crippen LogP contribution in [0.5, 0.6) is 0 Å². The summed E-state index contributed by atoms with van der Waals surface area (Å²) in [6.07, 6.45) is 2.70. The number of nitrogens with one attached hydrogen (secondary N) is 2. The molecule has 34 heavy (non-hydrogen) atoms. The Labute approximate surface area is 203 Å². The fourth-order valence-corrected chi connectivity index (χ4v) is 3.29. The zero-order valence-corrected chi connectivity index (χ0v) is 21.8. The molecule has 2 heterocycles. The molecule has 198 valence electrons. The van der Waals surface area contributed by atoms with Gasteiger partial charge in [0.1, 0.15) is 13.2 Å². The number of carbonyl (C=O) groups is 2. The van der Waals surface area contributed by atoms with Crippen molar-refractivity contribution in [2.45, 2.75) is 78.8 Å². The third-order valence-electron chi connectivity index (χ3n) is 5.82. The third kappa shape index (κ3) is 10.8. The summed E-state index contributed by atoms with van der Waals surface area (Å²) in [6.45, 7) is 14.9. The summed E-state index contributed by atoms with van der Waals surface area (Å²) in [5.41, 5.74) is -0.679. The summed E-state index contributed by atoms with van der Waals surface area (Å²) in [7, 11) is 0. The summed E-state index contributed by atoms with van der Waals surface area (Å²) in [5, 5.41) is 5.54. The van der Waals surface area contributed by atoms with Crippen LogP contribution in [-0.2, 0) is 28.4 Å². The number of hydrogen-bond donors (Lipinski definition) is 2. The predicted octanol–water partition coefficient (Wildman–Crippen LogP) is 3.58. The van der Waals surface area contributed by atoms with Gasteiger partial charge in [-0.15, -0.1) is 0 Å². The first kappa shape index (κ1) is 28.6. The van der Waals surface area contributed by atoms with Gasteiger partial charge in [-0.3, -0.25) is 0 Å². The van der Waals surface area contributed by atoms with Crippen molar-refractivity contribution in [1.29, 1.82) is 0 Å². The van der Waals surface area contributed by atoms with Gasteiger partial charge in [-0.1, -0.05) is 26.7 Å². The van der Waals surface area contributed by atoms with E-state index in [1.807, 2.05) is 41.5 Å². The molecule has 0 aromatic rings. The number of ether oxygens (including phenoxy) is 6. The summed E-state index contributed by atoms with van der Waals surface area (Å²) in [6, 6.07) is 0. The summed E-state index contributed by atoms with van der Waals surface area (Å²) >= 11 is 0. The van der Waals surface area contributed by atoms with Gasteiger partial charge in [-0.2, -0.15) is 0 Å². The highest BCUT2D eigenvalue weighted by Crippen LogP contribution is 2.30. The molecular formula is C24H44N2O8. The van der Waals surface area contributed by atoms with Crippen LogP contribution in [0.2, 0.25) is 0 Å². The van der Waals surface area contributed by atoms with Crippen LogP contribution < -0.4 is 10.6 Å². The number of rotatable bonds is 11. The molecule has 0 aliphatic carbocycles. The third-order valence-corrected chi connectivity index (χ3v) is 5.82. The van der Waals surface area contributed by atoms with E-state index in [9.17, 15) is 9.59 Å². The van der Waals surface area contributed by atoms with Gasteiger partial charge in [0.15, 0.2) is 11.6 Å². The largest absolute Gasteiger partial charge is 0.449 e. The Morgan fingerprint density at radius 2 is 0.941 bits per heavy atom. The number of amides is 2. The highest BCUT2D eigenvalue weighted by molar-refractivity contribution is 5.67. The van der Waals surface area contributed by atoms with Gasteiger partial charge >= 0.3 is 12.2 Å². The number of carbonyl (C=O) groups excluding carboxylic acids is 2. The van der Waals surface area contributed by atoms with Crippen molar-refractivity contribution in [3.63, 3.8) is 0 Å². The minimum absolute atomic E-state index is 0.244. The van der Waals surface area contributed by atoms with Crippen LogP contribution in [0.25, 0.3) is 0 Å². The second-order valence-electron chi connectivity index (χ2n) is 11.0. The van der Waals surface area contributed by atoms with E-state index < -0.39 is 23.8 Å². The molecule has 10 heteroatoms. The van der Waals surface area contributed by atoms with E-state index in [0.29, 0.717) is 39.5 Å². The molecule has 2 rings (SSSR count). The molecule has 2 N–H and O–H groups in total.